The van der Waals surface area contributed by atoms with Crippen molar-refractivity contribution in [2.75, 3.05) is 0 Å². The Kier molecular flexibility index (Phi) is 3.09. The number of phenolic OH excluding ortho intramolecular Hbond substituents is 1. The fraction of sp³-hybridized carbons (Fsp3) is 0.357. The van der Waals surface area contributed by atoms with Crippen LogP contribution in [0.3, 0.4) is 0 Å². The van der Waals surface area contributed by atoms with Gasteiger partial charge in [0.25, 0.3) is 0 Å². The lowest BCUT2D eigenvalue weighted by atomic mass is 9.82. The molecular weight excluding hydrogens is 200 g/mol. The van der Waals surface area contributed by atoms with Crippen molar-refractivity contribution in [2.45, 2.75) is 31.6 Å². The molecule has 1 saturated carbocycles. The summed E-state index contributed by atoms with van der Waals surface area (Å²) in [5.74, 6) is 0.573. The molecule has 16 heavy (non-hydrogen) atoms. The molecular formula is C14H16O2. The number of rotatable bonds is 2. The molecule has 1 N–H and O–H groups in total. The van der Waals surface area contributed by atoms with Gasteiger partial charge in [0.2, 0.25) is 0 Å². The molecule has 2 rings (SSSR count). The van der Waals surface area contributed by atoms with Gasteiger partial charge in [-0.15, -0.1) is 0 Å². The van der Waals surface area contributed by atoms with Crippen molar-refractivity contribution in [2.24, 2.45) is 0 Å². The highest BCUT2D eigenvalue weighted by molar-refractivity contribution is 5.79. The molecule has 0 heterocycles. The molecule has 0 aromatic heterocycles. The van der Waals surface area contributed by atoms with Gasteiger partial charge in [0.05, 0.1) is 5.56 Å². The molecule has 1 fully saturated rings. The van der Waals surface area contributed by atoms with Crippen molar-refractivity contribution in [3.05, 3.63) is 41.5 Å². The summed E-state index contributed by atoms with van der Waals surface area (Å²) in [6, 6.07) is 5.34. The number of carbonyl (C=O) groups is 1. The highest BCUT2D eigenvalue weighted by Gasteiger charge is 2.18. The summed E-state index contributed by atoms with van der Waals surface area (Å²) in [7, 11) is 0. The molecule has 0 bridgehead atoms. The summed E-state index contributed by atoms with van der Waals surface area (Å²) in [5, 5.41) is 9.43. The Morgan fingerprint density at radius 2 is 2.00 bits per heavy atom. The molecule has 1 aliphatic carbocycles. The van der Waals surface area contributed by atoms with Crippen LogP contribution in [0, 0.1) is 0 Å². The molecule has 0 atom stereocenters. The highest BCUT2D eigenvalue weighted by atomic mass is 16.3. The van der Waals surface area contributed by atoms with Crippen LogP contribution in [0.2, 0.25) is 0 Å². The average Bonchev–Trinajstić information content (AvgIpc) is 2.31. The van der Waals surface area contributed by atoms with Crippen molar-refractivity contribution < 1.29 is 9.90 Å². The van der Waals surface area contributed by atoms with E-state index in [1.54, 1.807) is 12.1 Å². The normalized spacial score (nSPS) is 17.4. The van der Waals surface area contributed by atoms with Crippen LogP contribution in [0.4, 0.5) is 0 Å². The molecule has 0 saturated heterocycles. The Morgan fingerprint density at radius 1 is 1.31 bits per heavy atom. The number of benzene rings is 1. The van der Waals surface area contributed by atoms with E-state index in [2.05, 4.69) is 6.58 Å². The topological polar surface area (TPSA) is 37.3 Å². The second-order valence-corrected chi connectivity index (χ2v) is 4.46. The fourth-order valence-corrected chi connectivity index (χ4v) is 2.28. The summed E-state index contributed by atoms with van der Waals surface area (Å²) in [6.45, 7) is 3.99. The van der Waals surface area contributed by atoms with Crippen LogP contribution in [0.5, 0.6) is 5.75 Å². The molecule has 0 radical (unpaired) electrons. The number of hydrogen-bond acceptors (Lipinski definition) is 2. The lowest BCUT2D eigenvalue weighted by molar-refractivity contribution is 0.112. The molecule has 0 aliphatic heterocycles. The Balaban J connectivity index is 2.20. The van der Waals surface area contributed by atoms with Gasteiger partial charge in [0, 0.05) is 0 Å². The number of allylic oxidation sites excluding steroid dienone is 1. The van der Waals surface area contributed by atoms with Crippen LogP contribution in [-0.2, 0) is 0 Å². The van der Waals surface area contributed by atoms with Crippen LogP contribution in [0.1, 0.15) is 47.5 Å². The van der Waals surface area contributed by atoms with Crippen molar-refractivity contribution in [3.63, 3.8) is 0 Å². The van der Waals surface area contributed by atoms with Gasteiger partial charge in [0.1, 0.15) is 5.75 Å². The van der Waals surface area contributed by atoms with E-state index in [9.17, 15) is 9.90 Å². The van der Waals surface area contributed by atoms with E-state index in [4.69, 9.17) is 0 Å². The van der Waals surface area contributed by atoms with E-state index >= 15 is 0 Å². The van der Waals surface area contributed by atoms with Gasteiger partial charge in [-0.25, -0.2) is 0 Å². The Labute approximate surface area is 95.6 Å². The first-order valence-corrected chi connectivity index (χ1v) is 5.65. The quantitative estimate of drug-likeness (QED) is 0.607. The minimum Gasteiger partial charge on any atom is -0.507 e. The van der Waals surface area contributed by atoms with Crippen molar-refractivity contribution in [1.29, 1.82) is 0 Å². The third-order valence-corrected chi connectivity index (χ3v) is 3.34. The lowest BCUT2D eigenvalue weighted by Gasteiger charge is -2.23. The minimum absolute atomic E-state index is 0.0685. The second kappa shape index (κ2) is 4.52. The van der Waals surface area contributed by atoms with Gasteiger partial charge in [-0.2, -0.15) is 0 Å². The predicted octanol–water partition coefficient (Wildman–Crippen LogP) is 3.42. The summed E-state index contributed by atoms with van der Waals surface area (Å²) >= 11 is 0. The SMILES string of the molecule is C=C1CCC(c2ccc(O)c(C=O)c2)CC1. The standard InChI is InChI=1S/C14H16O2/c1-10-2-4-11(5-3-10)12-6-7-14(16)13(8-12)9-15/h6-9,11,16H,1-5H2. The van der Waals surface area contributed by atoms with Crippen LogP contribution < -0.4 is 0 Å². The molecule has 1 aromatic rings. The van der Waals surface area contributed by atoms with Crippen LogP contribution in [0.15, 0.2) is 30.4 Å². The molecule has 0 unspecified atom stereocenters. The number of carbonyl (C=O) groups excluding carboxylic acids is 1. The van der Waals surface area contributed by atoms with E-state index in [0.29, 0.717) is 17.8 Å². The lowest BCUT2D eigenvalue weighted by Crippen LogP contribution is -2.06. The molecule has 2 nitrogen and oxygen atoms in total. The molecule has 84 valence electrons. The number of phenols is 1. The van der Waals surface area contributed by atoms with Crippen molar-refractivity contribution in [3.8, 4) is 5.75 Å². The van der Waals surface area contributed by atoms with E-state index in [1.807, 2.05) is 6.07 Å². The average molecular weight is 216 g/mol. The monoisotopic (exact) mass is 216 g/mol. The summed E-state index contributed by atoms with van der Waals surface area (Å²) in [6.07, 6.45) is 5.05. The maximum absolute atomic E-state index is 10.7. The van der Waals surface area contributed by atoms with Gasteiger partial charge in [0.15, 0.2) is 6.29 Å². The first-order valence-electron chi connectivity index (χ1n) is 5.65. The molecule has 0 amide bonds. The van der Waals surface area contributed by atoms with Gasteiger partial charge < -0.3 is 5.11 Å². The zero-order chi connectivity index (χ0) is 11.5. The van der Waals surface area contributed by atoms with Gasteiger partial charge in [-0.05, 0) is 49.3 Å². The minimum atomic E-state index is 0.0685. The summed E-state index contributed by atoms with van der Waals surface area (Å²) in [4.78, 5) is 10.7. The Bertz CT molecular complexity index is 411. The van der Waals surface area contributed by atoms with E-state index in [1.165, 1.54) is 5.57 Å². The van der Waals surface area contributed by atoms with E-state index in [-0.39, 0.29) is 5.75 Å². The first kappa shape index (κ1) is 10.9. The Morgan fingerprint density at radius 3 is 2.62 bits per heavy atom. The summed E-state index contributed by atoms with van der Waals surface area (Å²) in [5.41, 5.74) is 2.87. The zero-order valence-electron chi connectivity index (χ0n) is 9.28. The first-order chi connectivity index (χ1) is 7.70. The van der Waals surface area contributed by atoms with E-state index < -0.39 is 0 Å². The smallest absolute Gasteiger partial charge is 0.153 e. The molecule has 1 aromatic carbocycles. The van der Waals surface area contributed by atoms with E-state index in [0.717, 1.165) is 31.2 Å². The van der Waals surface area contributed by atoms with Crippen LogP contribution >= 0.6 is 0 Å². The molecule has 2 heteroatoms. The third-order valence-electron chi connectivity index (χ3n) is 3.34. The van der Waals surface area contributed by atoms with Gasteiger partial charge in [-0.1, -0.05) is 18.2 Å². The Hall–Kier alpha value is -1.57. The highest BCUT2D eigenvalue weighted by Crippen LogP contribution is 2.35. The van der Waals surface area contributed by atoms with Crippen LogP contribution in [-0.4, -0.2) is 11.4 Å². The fourth-order valence-electron chi connectivity index (χ4n) is 2.28. The number of aldehydes is 1. The maximum Gasteiger partial charge on any atom is 0.153 e. The predicted molar refractivity (Wildman–Crippen MR) is 63.8 cm³/mol. The largest absolute Gasteiger partial charge is 0.507 e. The molecule has 0 spiro atoms. The van der Waals surface area contributed by atoms with Crippen molar-refractivity contribution in [1.82, 2.24) is 0 Å². The summed E-state index contributed by atoms with van der Waals surface area (Å²) < 4.78 is 0. The number of aromatic hydroxyl groups is 1. The third kappa shape index (κ3) is 2.16. The number of hydrogen-bond donors (Lipinski definition) is 1. The van der Waals surface area contributed by atoms with Gasteiger partial charge in [-0.3, -0.25) is 4.79 Å². The van der Waals surface area contributed by atoms with Gasteiger partial charge >= 0.3 is 0 Å². The maximum atomic E-state index is 10.7. The van der Waals surface area contributed by atoms with Crippen molar-refractivity contribution >= 4 is 6.29 Å². The zero-order valence-corrected chi connectivity index (χ0v) is 9.28. The van der Waals surface area contributed by atoms with Crippen LogP contribution in [0.25, 0.3) is 0 Å². The second-order valence-electron chi connectivity index (χ2n) is 4.46. The molecule has 1 aliphatic rings.